The van der Waals surface area contributed by atoms with Gasteiger partial charge in [0.05, 0.1) is 11.7 Å². The second-order valence-electron chi connectivity index (χ2n) is 5.56. The van der Waals surface area contributed by atoms with Crippen molar-refractivity contribution in [3.05, 3.63) is 44.4 Å². The molecule has 1 aromatic carbocycles. The van der Waals surface area contributed by atoms with Crippen molar-refractivity contribution in [2.75, 3.05) is 0 Å². The summed E-state index contributed by atoms with van der Waals surface area (Å²) in [5.74, 6) is -0.619. The van der Waals surface area contributed by atoms with Crippen LogP contribution in [0.4, 0.5) is 0 Å². The molecule has 1 aliphatic rings. The van der Waals surface area contributed by atoms with Crippen LogP contribution in [0.2, 0.25) is 5.02 Å². The quantitative estimate of drug-likeness (QED) is 0.868. The number of carbonyl (C=O) groups excluding carboxylic acids is 1. The number of hydrogen-bond donors (Lipinski definition) is 2. The summed E-state index contributed by atoms with van der Waals surface area (Å²) in [7, 11) is 0. The Morgan fingerprint density at radius 3 is 2.92 bits per heavy atom. The van der Waals surface area contributed by atoms with Gasteiger partial charge in [-0.2, -0.15) is 0 Å². The zero-order chi connectivity index (χ0) is 17.4. The maximum Gasteiger partial charge on any atom is 0.347 e. The third-order valence-corrected chi connectivity index (χ3v) is 5.29. The van der Waals surface area contributed by atoms with Gasteiger partial charge in [0.15, 0.2) is 6.10 Å². The Kier molecular flexibility index (Phi) is 4.47. The van der Waals surface area contributed by atoms with Crippen molar-refractivity contribution >= 4 is 34.8 Å². The predicted octanol–water partition coefficient (Wildman–Crippen LogP) is 2.98. The van der Waals surface area contributed by atoms with E-state index < -0.39 is 18.1 Å². The first-order valence-electron chi connectivity index (χ1n) is 7.31. The maximum absolute atomic E-state index is 12.4. The van der Waals surface area contributed by atoms with Gasteiger partial charge in [0, 0.05) is 11.4 Å². The van der Waals surface area contributed by atoms with Crippen LogP contribution in [-0.4, -0.2) is 28.1 Å². The highest BCUT2D eigenvalue weighted by Crippen LogP contribution is 2.31. The van der Waals surface area contributed by atoms with Crippen LogP contribution in [0.25, 0.3) is 0 Å². The largest absolute Gasteiger partial charge is 0.480 e. The number of ether oxygens (including phenoxy) is 1. The van der Waals surface area contributed by atoms with E-state index in [0.717, 1.165) is 16.9 Å². The second kappa shape index (κ2) is 6.41. The molecule has 0 fully saturated rings. The van der Waals surface area contributed by atoms with Gasteiger partial charge in [-0.05, 0) is 37.6 Å². The van der Waals surface area contributed by atoms with Gasteiger partial charge in [0.1, 0.15) is 15.6 Å². The molecular weight excluding hydrogens is 352 g/mol. The number of carboxylic acid groups (broad SMARTS) is 1. The van der Waals surface area contributed by atoms with E-state index in [1.807, 2.05) is 0 Å². The first-order valence-corrected chi connectivity index (χ1v) is 8.50. The molecule has 0 bridgehead atoms. The number of halogens is 1. The average Bonchev–Trinajstić information content (AvgIpc) is 3.10. The summed E-state index contributed by atoms with van der Waals surface area (Å²) in [6.07, 6.45) is -0.174. The number of thiazole rings is 1. The highest BCUT2D eigenvalue weighted by atomic mass is 35.5. The molecule has 3 rings (SSSR count). The summed E-state index contributed by atoms with van der Waals surface area (Å²) < 4.78 is 5.65. The first-order chi connectivity index (χ1) is 11.3. The van der Waals surface area contributed by atoms with Gasteiger partial charge in [-0.1, -0.05) is 11.6 Å². The van der Waals surface area contributed by atoms with Crippen LogP contribution in [0.15, 0.2) is 18.2 Å². The molecule has 6 nitrogen and oxygen atoms in total. The van der Waals surface area contributed by atoms with E-state index in [-0.39, 0.29) is 10.8 Å². The number of hydrogen-bond acceptors (Lipinski definition) is 5. The number of amides is 1. The Hall–Kier alpha value is -2.12. The molecule has 2 aromatic rings. The minimum atomic E-state index is -1.01. The average molecular weight is 367 g/mol. The standard InChI is InChI=1S/C16H15ClN2O4S/c1-7-13(16(21)22)24-15(19-7)8(2)18-14(20)12-6-9-5-10(17)3-4-11(9)23-12/h3-5,8,12H,6H2,1-2H3,(H,18,20)(H,21,22). The molecule has 24 heavy (non-hydrogen) atoms. The van der Waals surface area contributed by atoms with Crippen molar-refractivity contribution in [2.24, 2.45) is 0 Å². The third-order valence-electron chi connectivity index (χ3n) is 3.73. The Balaban J connectivity index is 1.67. The molecule has 2 N–H and O–H groups in total. The highest BCUT2D eigenvalue weighted by molar-refractivity contribution is 7.13. The summed E-state index contributed by atoms with van der Waals surface area (Å²) in [4.78, 5) is 27.9. The van der Waals surface area contributed by atoms with Crippen molar-refractivity contribution in [3.63, 3.8) is 0 Å². The Morgan fingerprint density at radius 1 is 1.50 bits per heavy atom. The minimum absolute atomic E-state index is 0.185. The molecule has 0 saturated carbocycles. The van der Waals surface area contributed by atoms with Crippen LogP contribution in [0, 0.1) is 6.92 Å². The van der Waals surface area contributed by atoms with Gasteiger partial charge in [-0.15, -0.1) is 11.3 Å². The van der Waals surface area contributed by atoms with E-state index in [9.17, 15) is 9.59 Å². The van der Waals surface area contributed by atoms with E-state index in [2.05, 4.69) is 10.3 Å². The Labute approximate surface area is 147 Å². The molecule has 0 radical (unpaired) electrons. The normalized spacial score (nSPS) is 17.0. The molecule has 1 amide bonds. The minimum Gasteiger partial charge on any atom is -0.480 e. The van der Waals surface area contributed by atoms with E-state index in [0.29, 0.717) is 27.9 Å². The fourth-order valence-electron chi connectivity index (χ4n) is 2.53. The van der Waals surface area contributed by atoms with Gasteiger partial charge in [0.25, 0.3) is 5.91 Å². The lowest BCUT2D eigenvalue weighted by atomic mass is 10.1. The summed E-state index contributed by atoms with van der Waals surface area (Å²) in [6, 6.07) is 4.86. The van der Waals surface area contributed by atoms with Crippen LogP contribution in [0.5, 0.6) is 5.75 Å². The molecule has 1 aromatic heterocycles. The number of aryl methyl sites for hydroxylation is 1. The van der Waals surface area contributed by atoms with E-state index in [1.54, 1.807) is 32.0 Å². The van der Waals surface area contributed by atoms with Crippen molar-refractivity contribution < 1.29 is 19.4 Å². The van der Waals surface area contributed by atoms with Crippen LogP contribution in [-0.2, 0) is 11.2 Å². The van der Waals surface area contributed by atoms with Crippen molar-refractivity contribution in [1.29, 1.82) is 0 Å². The number of nitrogens with one attached hydrogen (secondary N) is 1. The Morgan fingerprint density at radius 2 is 2.25 bits per heavy atom. The molecule has 0 saturated heterocycles. The monoisotopic (exact) mass is 366 g/mol. The third kappa shape index (κ3) is 3.22. The van der Waals surface area contributed by atoms with E-state index in [4.69, 9.17) is 21.4 Å². The Bertz CT molecular complexity index is 820. The van der Waals surface area contributed by atoms with E-state index in [1.165, 1.54) is 0 Å². The number of aromatic carboxylic acids is 1. The topological polar surface area (TPSA) is 88.5 Å². The fraction of sp³-hybridized carbons (Fsp3) is 0.312. The molecule has 0 spiro atoms. The lowest BCUT2D eigenvalue weighted by molar-refractivity contribution is -0.127. The SMILES string of the molecule is Cc1nc(C(C)NC(=O)C2Cc3cc(Cl)ccc3O2)sc1C(=O)O. The zero-order valence-corrected chi connectivity index (χ0v) is 14.6. The van der Waals surface area contributed by atoms with Crippen LogP contribution in [0.3, 0.4) is 0 Å². The smallest absolute Gasteiger partial charge is 0.347 e. The molecule has 0 aliphatic carbocycles. The van der Waals surface area contributed by atoms with Gasteiger partial charge in [-0.25, -0.2) is 9.78 Å². The molecule has 2 atom stereocenters. The molecule has 126 valence electrons. The van der Waals surface area contributed by atoms with Gasteiger partial charge >= 0.3 is 5.97 Å². The number of carboxylic acids is 1. The molecule has 2 unspecified atom stereocenters. The van der Waals surface area contributed by atoms with Crippen molar-refractivity contribution in [2.45, 2.75) is 32.4 Å². The maximum atomic E-state index is 12.4. The summed E-state index contributed by atoms with van der Waals surface area (Å²) in [5.41, 5.74) is 1.34. The zero-order valence-electron chi connectivity index (χ0n) is 13.0. The van der Waals surface area contributed by atoms with Gasteiger partial charge in [-0.3, -0.25) is 4.79 Å². The molecule has 8 heteroatoms. The lowest BCUT2D eigenvalue weighted by Crippen LogP contribution is -2.38. The van der Waals surface area contributed by atoms with Crippen LogP contribution in [0.1, 0.15) is 38.9 Å². The summed E-state index contributed by atoms with van der Waals surface area (Å²) >= 11 is 7.01. The van der Waals surface area contributed by atoms with E-state index >= 15 is 0 Å². The summed E-state index contributed by atoms with van der Waals surface area (Å²) in [5, 5.41) is 13.1. The van der Waals surface area contributed by atoms with Crippen LogP contribution < -0.4 is 10.1 Å². The summed E-state index contributed by atoms with van der Waals surface area (Å²) in [6.45, 7) is 3.40. The first kappa shape index (κ1) is 16.7. The van der Waals surface area contributed by atoms with Gasteiger partial charge in [0.2, 0.25) is 0 Å². The fourth-order valence-corrected chi connectivity index (χ4v) is 3.64. The number of benzene rings is 1. The van der Waals surface area contributed by atoms with Gasteiger partial charge < -0.3 is 15.2 Å². The predicted molar refractivity (Wildman–Crippen MR) is 89.9 cm³/mol. The number of nitrogens with zero attached hydrogens (tertiary/aromatic N) is 1. The van der Waals surface area contributed by atoms with Crippen LogP contribution >= 0.6 is 22.9 Å². The molecular formula is C16H15ClN2O4S. The molecule has 2 heterocycles. The van der Waals surface area contributed by atoms with Crippen molar-refractivity contribution in [3.8, 4) is 5.75 Å². The number of rotatable bonds is 4. The second-order valence-corrected chi connectivity index (χ2v) is 7.03. The highest BCUT2D eigenvalue weighted by Gasteiger charge is 2.30. The molecule has 1 aliphatic heterocycles. The number of fused-ring (bicyclic) bond motifs is 1. The number of aromatic nitrogens is 1. The lowest BCUT2D eigenvalue weighted by Gasteiger charge is -2.15. The number of carbonyl (C=O) groups is 2. The van der Waals surface area contributed by atoms with Crippen molar-refractivity contribution in [1.82, 2.24) is 10.3 Å².